The average Bonchev–Trinajstić information content (AvgIpc) is 3.11. The monoisotopic (exact) mass is 375 g/mol. The molecule has 2 aromatic rings. The molecule has 0 saturated carbocycles. The number of nitrogens with zero attached hydrogens (tertiary/aromatic N) is 1. The van der Waals surface area contributed by atoms with E-state index in [1.165, 1.54) is 12.3 Å². The van der Waals surface area contributed by atoms with Gasteiger partial charge in [0.15, 0.2) is 11.5 Å². The fourth-order valence-corrected chi connectivity index (χ4v) is 2.70. The number of fused-ring (bicyclic) bond motifs is 2. The highest BCUT2D eigenvalue weighted by Crippen LogP contribution is 2.35. The van der Waals surface area contributed by atoms with E-state index >= 15 is 0 Å². The van der Waals surface area contributed by atoms with Crippen LogP contribution in [0.15, 0.2) is 23.1 Å². The Morgan fingerprint density at radius 1 is 1.15 bits per heavy atom. The van der Waals surface area contributed by atoms with E-state index in [1.54, 1.807) is 10.6 Å². The first-order chi connectivity index (χ1) is 12.9. The molecule has 3 N–H and O–H groups in total. The number of aliphatic carboxylic acids is 1. The number of carboxylic acids is 1. The van der Waals surface area contributed by atoms with Crippen molar-refractivity contribution in [1.82, 2.24) is 15.2 Å². The molecule has 10 heteroatoms. The first-order valence-corrected chi connectivity index (χ1v) is 8.14. The van der Waals surface area contributed by atoms with Gasteiger partial charge in [0, 0.05) is 18.8 Å². The van der Waals surface area contributed by atoms with Gasteiger partial charge in [0.25, 0.3) is 5.91 Å². The number of carbonyl (C=O) groups excluding carboxylic acids is 2. The van der Waals surface area contributed by atoms with E-state index in [0.717, 1.165) is 0 Å². The summed E-state index contributed by atoms with van der Waals surface area (Å²) in [5.41, 5.74) is -0.0341. The lowest BCUT2D eigenvalue weighted by Crippen LogP contribution is -2.40. The summed E-state index contributed by atoms with van der Waals surface area (Å²) in [5.74, 6) is -1.66. The number of pyridine rings is 1. The molecular weight excluding hydrogens is 358 g/mol. The smallest absolute Gasteiger partial charge is 0.322 e. The second kappa shape index (κ2) is 7.36. The summed E-state index contributed by atoms with van der Waals surface area (Å²) in [6.07, 6.45) is 1.41. The van der Waals surface area contributed by atoms with E-state index in [2.05, 4.69) is 10.6 Å². The van der Waals surface area contributed by atoms with Gasteiger partial charge < -0.3 is 29.8 Å². The molecule has 1 aliphatic rings. The molecule has 2 amide bonds. The summed E-state index contributed by atoms with van der Waals surface area (Å²) in [6, 6.07) is 3.21. The third-order valence-corrected chi connectivity index (χ3v) is 4.01. The molecule has 0 unspecified atom stereocenters. The highest BCUT2D eigenvalue weighted by atomic mass is 16.7. The average molecular weight is 375 g/mol. The molecule has 0 fully saturated rings. The molecule has 1 aliphatic heterocycles. The molecule has 2 heterocycles. The Morgan fingerprint density at radius 3 is 2.52 bits per heavy atom. The molecule has 0 aliphatic carbocycles. The fourth-order valence-electron chi connectivity index (χ4n) is 2.70. The summed E-state index contributed by atoms with van der Waals surface area (Å²) < 4.78 is 12.3. The maximum atomic E-state index is 12.7. The molecule has 0 saturated heterocycles. The van der Waals surface area contributed by atoms with E-state index < -0.39 is 36.3 Å². The van der Waals surface area contributed by atoms with Crippen molar-refractivity contribution >= 4 is 28.7 Å². The lowest BCUT2D eigenvalue weighted by Gasteiger charge is -2.12. The van der Waals surface area contributed by atoms with Crippen LogP contribution < -0.4 is 25.5 Å². The molecular formula is C17H17N3O7. The van der Waals surface area contributed by atoms with E-state index in [4.69, 9.17) is 14.6 Å². The molecule has 142 valence electrons. The molecule has 1 aromatic carbocycles. The van der Waals surface area contributed by atoms with Gasteiger partial charge in [-0.25, -0.2) is 0 Å². The SMILES string of the molecule is CCn1cc(C(=O)NCC(=O)NCC(=O)O)c(=O)c2cc3c(cc21)OCO3. The van der Waals surface area contributed by atoms with Crippen LogP contribution in [-0.2, 0) is 16.1 Å². The van der Waals surface area contributed by atoms with Gasteiger partial charge in [-0.2, -0.15) is 0 Å². The van der Waals surface area contributed by atoms with Crippen LogP contribution in [0, 0.1) is 0 Å². The van der Waals surface area contributed by atoms with Crippen LogP contribution in [-0.4, -0.2) is 47.3 Å². The van der Waals surface area contributed by atoms with Crippen LogP contribution in [0.2, 0.25) is 0 Å². The zero-order chi connectivity index (χ0) is 19.6. The van der Waals surface area contributed by atoms with E-state index in [1.807, 2.05) is 6.92 Å². The Hall–Kier alpha value is -3.56. The molecule has 27 heavy (non-hydrogen) atoms. The van der Waals surface area contributed by atoms with Gasteiger partial charge in [-0.05, 0) is 13.0 Å². The Morgan fingerprint density at radius 2 is 1.85 bits per heavy atom. The van der Waals surface area contributed by atoms with Crippen molar-refractivity contribution < 1.29 is 29.0 Å². The number of benzene rings is 1. The van der Waals surface area contributed by atoms with Gasteiger partial charge in [-0.15, -0.1) is 0 Å². The predicted molar refractivity (Wildman–Crippen MR) is 93.0 cm³/mol. The number of nitrogens with one attached hydrogen (secondary N) is 2. The standard InChI is InChI=1S/C17H17N3O7/c1-2-20-7-10(17(25)19-5-14(21)18-6-15(22)23)16(24)9-3-12-13(4-11(9)20)27-8-26-12/h3-4,7H,2,5-6,8H2,1H3,(H,18,21)(H,19,25)(H,22,23). The van der Waals surface area contributed by atoms with Crippen LogP contribution in [0.4, 0.5) is 0 Å². The van der Waals surface area contributed by atoms with E-state index in [9.17, 15) is 19.2 Å². The Kier molecular flexibility index (Phi) is 4.97. The summed E-state index contributed by atoms with van der Waals surface area (Å²) in [4.78, 5) is 47.1. The number of carboxylic acid groups (broad SMARTS) is 1. The van der Waals surface area contributed by atoms with Crippen LogP contribution in [0.25, 0.3) is 10.9 Å². The normalized spacial score (nSPS) is 12.0. The van der Waals surface area contributed by atoms with Crippen molar-refractivity contribution in [2.75, 3.05) is 19.9 Å². The van der Waals surface area contributed by atoms with Crippen LogP contribution >= 0.6 is 0 Å². The van der Waals surface area contributed by atoms with Gasteiger partial charge in [0.05, 0.1) is 17.4 Å². The largest absolute Gasteiger partial charge is 0.480 e. The number of rotatable bonds is 6. The fraction of sp³-hybridized carbons (Fsp3) is 0.294. The first-order valence-electron chi connectivity index (χ1n) is 8.14. The number of amides is 2. The molecule has 0 spiro atoms. The molecule has 1 aromatic heterocycles. The van der Waals surface area contributed by atoms with Crippen molar-refractivity contribution in [2.45, 2.75) is 13.5 Å². The maximum absolute atomic E-state index is 12.7. The topological polar surface area (TPSA) is 136 Å². The summed E-state index contributed by atoms with van der Waals surface area (Å²) in [5, 5.41) is 13.2. The quantitative estimate of drug-likeness (QED) is 0.629. The first kappa shape index (κ1) is 18.2. The third-order valence-electron chi connectivity index (χ3n) is 4.01. The van der Waals surface area contributed by atoms with Crippen LogP contribution in [0.1, 0.15) is 17.3 Å². The zero-order valence-electron chi connectivity index (χ0n) is 14.4. The molecule has 10 nitrogen and oxygen atoms in total. The van der Waals surface area contributed by atoms with Crippen LogP contribution in [0.5, 0.6) is 11.5 Å². The summed E-state index contributed by atoms with van der Waals surface area (Å²) >= 11 is 0. The summed E-state index contributed by atoms with van der Waals surface area (Å²) in [7, 11) is 0. The third kappa shape index (κ3) is 3.68. The number of aryl methyl sites for hydroxylation is 1. The van der Waals surface area contributed by atoms with Gasteiger partial charge in [-0.3, -0.25) is 19.2 Å². The van der Waals surface area contributed by atoms with Gasteiger partial charge in [0.2, 0.25) is 18.1 Å². The van der Waals surface area contributed by atoms with Crippen molar-refractivity contribution in [3.8, 4) is 11.5 Å². The van der Waals surface area contributed by atoms with Crippen molar-refractivity contribution in [3.63, 3.8) is 0 Å². The Bertz CT molecular complexity index is 996. The maximum Gasteiger partial charge on any atom is 0.322 e. The number of ether oxygens (including phenoxy) is 2. The van der Waals surface area contributed by atoms with Gasteiger partial charge in [0.1, 0.15) is 12.1 Å². The van der Waals surface area contributed by atoms with Gasteiger partial charge >= 0.3 is 5.97 Å². The van der Waals surface area contributed by atoms with E-state index in [-0.39, 0.29) is 12.4 Å². The highest BCUT2D eigenvalue weighted by molar-refractivity contribution is 5.99. The lowest BCUT2D eigenvalue weighted by molar-refractivity contribution is -0.137. The molecule has 0 atom stereocenters. The second-order valence-corrected chi connectivity index (χ2v) is 5.73. The molecule has 0 bridgehead atoms. The zero-order valence-corrected chi connectivity index (χ0v) is 14.4. The van der Waals surface area contributed by atoms with E-state index in [0.29, 0.717) is 28.9 Å². The Balaban J connectivity index is 1.88. The number of hydrogen-bond acceptors (Lipinski definition) is 6. The lowest BCUT2D eigenvalue weighted by atomic mass is 10.1. The second-order valence-electron chi connectivity index (χ2n) is 5.73. The Labute approximate surface area is 152 Å². The van der Waals surface area contributed by atoms with Crippen LogP contribution in [0.3, 0.4) is 0 Å². The number of carbonyl (C=O) groups is 3. The van der Waals surface area contributed by atoms with Crippen molar-refractivity contribution in [3.05, 3.63) is 34.1 Å². The minimum Gasteiger partial charge on any atom is -0.480 e. The van der Waals surface area contributed by atoms with Gasteiger partial charge in [-0.1, -0.05) is 0 Å². The molecule has 0 radical (unpaired) electrons. The number of aromatic nitrogens is 1. The predicted octanol–water partition coefficient (Wildman–Crippen LogP) is -0.319. The minimum atomic E-state index is -1.20. The number of hydrogen-bond donors (Lipinski definition) is 3. The molecule has 3 rings (SSSR count). The minimum absolute atomic E-state index is 0.0603. The highest BCUT2D eigenvalue weighted by Gasteiger charge is 2.20. The van der Waals surface area contributed by atoms with Crippen molar-refractivity contribution in [1.29, 1.82) is 0 Å². The summed E-state index contributed by atoms with van der Waals surface area (Å²) in [6.45, 7) is 1.41. The van der Waals surface area contributed by atoms with Crippen molar-refractivity contribution in [2.24, 2.45) is 0 Å².